The van der Waals surface area contributed by atoms with E-state index in [-0.39, 0.29) is 24.6 Å². The van der Waals surface area contributed by atoms with Crippen LogP contribution in [0.25, 0.3) is 0 Å². The molecule has 202 valence electrons. The van der Waals surface area contributed by atoms with Crippen molar-refractivity contribution in [2.24, 2.45) is 0 Å². The average Bonchev–Trinajstić information content (AvgIpc) is 2.79. The lowest BCUT2D eigenvalue weighted by molar-refractivity contribution is -0.120. The number of aryl methyl sites for hydroxylation is 2. The van der Waals surface area contributed by atoms with Crippen LogP contribution in [0.4, 0.5) is 13.6 Å². The van der Waals surface area contributed by atoms with Crippen molar-refractivity contribution in [1.29, 1.82) is 0 Å². The molecule has 2 aromatic rings. The minimum atomic E-state index is -1.22. The number of halogens is 2. The number of nitrogens with zero attached hydrogens (tertiary/aromatic N) is 1. The zero-order valence-corrected chi connectivity index (χ0v) is 22.3. The molecular formula is C29H38F2N2O4. The summed E-state index contributed by atoms with van der Waals surface area (Å²) in [6.45, 7) is 8.59. The highest BCUT2D eigenvalue weighted by atomic mass is 19.1. The summed E-state index contributed by atoms with van der Waals surface area (Å²) in [6, 6.07) is 8.21. The van der Waals surface area contributed by atoms with Gasteiger partial charge in [-0.1, -0.05) is 25.1 Å². The predicted octanol–water partition coefficient (Wildman–Crippen LogP) is 5.25. The van der Waals surface area contributed by atoms with Gasteiger partial charge in [0.2, 0.25) is 5.91 Å². The number of nitrogens with one attached hydrogen (secondary N) is 1. The van der Waals surface area contributed by atoms with Crippen LogP contribution in [0.3, 0.4) is 0 Å². The van der Waals surface area contributed by atoms with Crippen molar-refractivity contribution in [3.05, 3.63) is 70.3 Å². The first kappa shape index (κ1) is 28.6. The predicted molar refractivity (Wildman–Crippen MR) is 138 cm³/mol. The third-order valence-corrected chi connectivity index (χ3v) is 6.52. The molecule has 0 aromatic heterocycles. The molecule has 8 heteroatoms. The molecule has 0 aliphatic heterocycles. The Bertz CT molecular complexity index is 1100. The molecule has 37 heavy (non-hydrogen) atoms. The lowest BCUT2D eigenvalue weighted by atomic mass is 9.85. The van der Waals surface area contributed by atoms with Gasteiger partial charge in [-0.25, -0.2) is 13.6 Å². The van der Waals surface area contributed by atoms with Crippen LogP contribution in [0.15, 0.2) is 36.4 Å². The Balaban J connectivity index is 1.94. The molecule has 0 spiro atoms. The third kappa shape index (κ3) is 7.99. The van der Waals surface area contributed by atoms with Crippen LogP contribution in [0.5, 0.6) is 0 Å². The second-order valence-electron chi connectivity index (χ2n) is 10.8. The quantitative estimate of drug-likeness (QED) is 0.502. The number of carbonyl (C=O) groups is 2. The van der Waals surface area contributed by atoms with Crippen molar-refractivity contribution in [2.45, 2.75) is 90.5 Å². The van der Waals surface area contributed by atoms with Crippen molar-refractivity contribution < 1.29 is 28.2 Å². The molecule has 1 aliphatic rings. The summed E-state index contributed by atoms with van der Waals surface area (Å²) < 4.78 is 33.3. The van der Waals surface area contributed by atoms with Crippen LogP contribution < -0.4 is 5.32 Å². The van der Waals surface area contributed by atoms with E-state index in [0.29, 0.717) is 6.42 Å². The van der Waals surface area contributed by atoms with Crippen LogP contribution >= 0.6 is 0 Å². The topological polar surface area (TPSA) is 78.9 Å². The van der Waals surface area contributed by atoms with Gasteiger partial charge in [0.25, 0.3) is 0 Å². The number of aliphatic hydroxyl groups is 1. The first-order valence-corrected chi connectivity index (χ1v) is 12.9. The number of carbonyl (C=O) groups excluding carboxylic acids is 2. The zero-order chi connectivity index (χ0) is 27.3. The number of amides is 2. The Kier molecular flexibility index (Phi) is 9.29. The monoisotopic (exact) mass is 516 g/mol. The number of hydrogen-bond acceptors (Lipinski definition) is 4. The second-order valence-corrected chi connectivity index (χ2v) is 10.8. The summed E-state index contributed by atoms with van der Waals surface area (Å²) in [5.41, 5.74) is 2.88. The van der Waals surface area contributed by atoms with Crippen molar-refractivity contribution in [3.63, 3.8) is 0 Å². The van der Waals surface area contributed by atoms with E-state index in [1.807, 2.05) is 0 Å². The van der Waals surface area contributed by atoms with Crippen LogP contribution in [-0.2, 0) is 28.8 Å². The van der Waals surface area contributed by atoms with Crippen molar-refractivity contribution in [3.8, 4) is 0 Å². The molecular weight excluding hydrogens is 478 g/mol. The molecule has 0 saturated carbocycles. The van der Waals surface area contributed by atoms with Gasteiger partial charge < -0.3 is 15.2 Å². The van der Waals surface area contributed by atoms with Gasteiger partial charge in [0.05, 0.1) is 24.7 Å². The van der Waals surface area contributed by atoms with E-state index >= 15 is 0 Å². The van der Waals surface area contributed by atoms with E-state index in [0.717, 1.165) is 42.0 Å². The number of fused-ring (bicyclic) bond motifs is 1. The van der Waals surface area contributed by atoms with Gasteiger partial charge in [-0.2, -0.15) is 0 Å². The highest BCUT2D eigenvalue weighted by molar-refractivity contribution is 5.73. The minimum Gasteiger partial charge on any atom is -0.444 e. The fourth-order valence-corrected chi connectivity index (χ4v) is 4.87. The zero-order valence-electron chi connectivity index (χ0n) is 22.3. The van der Waals surface area contributed by atoms with E-state index in [4.69, 9.17) is 4.74 Å². The Morgan fingerprint density at radius 1 is 1.14 bits per heavy atom. The van der Waals surface area contributed by atoms with Crippen molar-refractivity contribution >= 4 is 12.0 Å². The largest absolute Gasteiger partial charge is 0.444 e. The van der Waals surface area contributed by atoms with Crippen LogP contribution in [0, 0.1) is 11.6 Å². The number of aliphatic hydroxyl groups excluding tert-OH is 1. The highest BCUT2D eigenvalue weighted by Crippen LogP contribution is 2.36. The average molecular weight is 517 g/mol. The Morgan fingerprint density at radius 2 is 1.81 bits per heavy atom. The number of ether oxygens (including phenoxy) is 1. The van der Waals surface area contributed by atoms with Gasteiger partial charge in [-0.15, -0.1) is 0 Å². The van der Waals surface area contributed by atoms with Gasteiger partial charge in [-0.3, -0.25) is 9.69 Å². The lowest BCUT2D eigenvalue weighted by Crippen LogP contribution is -2.51. The smallest absolute Gasteiger partial charge is 0.410 e. The summed E-state index contributed by atoms with van der Waals surface area (Å²) in [7, 11) is 0. The van der Waals surface area contributed by atoms with Gasteiger partial charge in [0.15, 0.2) is 0 Å². The second kappa shape index (κ2) is 12.0. The maximum absolute atomic E-state index is 13.8. The molecule has 0 unspecified atom stereocenters. The van der Waals surface area contributed by atoms with E-state index < -0.39 is 41.4 Å². The number of benzene rings is 2. The van der Waals surface area contributed by atoms with Gasteiger partial charge in [0, 0.05) is 13.0 Å². The number of rotatable bonds is 8. The summed E-state index contributed by atoms with van der Waals surface area (Å²) >= 11 is 0. The number of hydrogen-bond donors (Lipinski definition) is 2. The van der Waals surface area contributed by atoms with Gasteiger partial charge in [0.1, 0.15) is 17.2 Å². The standard InChI is InChI=1S/C29H38F2N2O4/c1-6-19-10-11-21-8-7-9-26(24(21)14-19)33(28(36)37-29(3,4)5)17-27(35)25(32-18(2)34)15-20-12-22(30)16-23(31)13-20/h10-14,16,25-27,35H,6-9,15,17H2,1-5H3,(H,32,34)/t25-,26+,27+/m0/s1. The summed E-state index contributed by atoms with van der Waals surface area (Å²) in [5.74, 6) is -1.89. The Labute approximate surface area is 218 Å². The maximum atomic E-state index is 13.8. The fraction of sp³-hybridized carbons (Fsp3) is 0.517. The molecule has 2 amide bonds. The highest BCUT2D eigenvalue weighted by Gasteiger charge is 2.35. The molecule has 3 rings (SSSR count). The summed E-state index contributed by atoms with van der Waals surface area (Å²) in [4.78, 5) is 26.9. The first-order valence-electron chi connectivity index (χ1n) is 12.9. The molecule has 0 radical (unpaired) electrons. The van der Waals surface area contributed by atoms with E-state index in [1.54, 1.807) is 20.8 Å². The summed E-state index contributed by atoms with van der Waals surface area (Å²) in [5, 5.41) is 14.0. The third-order valence-electron chi connectivity index (χ3n) is 6.52. The Morgan fingerprint density at radius 3 is 2.41 bits per heavy atom. The van der Waals surface area contributed by atoms with Crippen molar-refractivity contribution in [2.75, 3.05) is 6.54 Å². The first-order chi connectivity index (χ1) is 17.4. The van der Waals surface area contributed by atoms with E-state index in [9.17, 15) is 23.5 Å². The van der Waals surface area contributed by atoms with Crippen LogP contribution in [0.1, 0.15) is 75.8 Å². The molecule has 2 N–H and O–H groups in total. The molecule has 0 saturated heterocycles. The molecule has 0 fully saturated rings. The van der Waals surface area contributed by atoms with Crippen LogP contribution in [-0.4, -0.2) is 46.3 Å². The van der Waals surface area contributed by atoms with Crippen molar-refractivity contribution in [1.82, 2.24) is 10.2 Å². The minimum absolute atomic E-state index is 0.0151. The lowest BCUT2D eigenvalue weighted by Gasteiger charge is -2.39. The molecule has 0 heterocycles. The Hall–Kier alpha value is -3.00. The molecule has 3 atom stereocenters. The molecule has 0 bridgehead atoms. The summed E-state index contributed by atoms with van der Waals surface area (Å²) in [6.07, 6.45) is 1.53. The molecule has 1 aliphatic carbocycles. The normalized spacial score (nSPS) is 16.9. The molecule has 2 aromatic carbocycles. The van der Waals surface area contributed by atoms with Gasteiger partial charge >= 0.3 is 6.09 Å². The van der Waals surface area contributed by atoms with E-state index in [1.165, 1.54) is 24.0 Å². The van der Waals surface area contributed by atoms with Crippen LogP contribution in [0.2, 0.25) is 0 Å². The fourth-order valence-electron chi connectivity index (χ4n) is 4.87. The SMILES string of the molecule is CCc1ccc2c(c1)[C@H](N(C[C@@H](O)[C@H](Cc1cc(F)cc(F)c1)NC(C)=O)C(=O)OC(C)(C)C)CCC2. The molecule has 6 nitrogen and oxygen atoms in total. The maximum Gasteiger partial charge on any atom is 0.410 e. The van der Waals surface area contributed by atoms with E-state index in [2.05, 4.69) is 30.4 Å². The van der Waals surface area contributed by atoms with Gasteiger partial charge in [-0.05, 0) is 87.3 Å².